The molecule has 150 valence electrons. The molecule has 0 aliphatic rings. The number of carbonyl (C=O) groups is 1. The van der Waals surface area contributed by atoms with Gasteiger partial charge in [0.05, 0.1) is 0 Å². The third-order valence-corrected chi connectivity index (χ3v) is 4.06. The standard InChI is InChI=1S/C12H28N4.C7H14O2/c1-2-3-4-5-6-7-8-9-10-11-16(15)12(13)14;1-2-3-4-5-6-7(8)9/h2-11,15H2,1H3,(H3,13,14);2-6H2,1H3,(H,8,9). The first-order chi connectivity index (χ1) is 12.0. The minimum absolute atomic E-state index is 0.0421. The molecule has 0 fully saturated rings. The van der Waals surface area contributed by atoms with E-state index in [1.54, 1.807) is 0 Å². The SMILES string of the molecule is CCCCCCC(=O)O.CCCCCCCCCCCN(N)C(=N)N. The molecule has 0 aromatic rings. The number of carboxylic acids is 1. The summed E-state index contributed by atoms with van der Waals surface area (Å²) < 4.78 is 0. The molecule has 0 radical (unpaired) electrons. The zero-order valence-electron chi connectivity index (χ0n) is 16.6. The van der Waals surface area contributed by atoms with Gasteiger partial charge in [-0.25, -0.2) is 5.84 Å². The summed E-state index contributed by atoms with van der Waals surface area (Å²) in [6.45, 7) is 5.06. The molecule has 25 heavy (non-hydrogen) atoms. The summed E-state index contributed by atoms with van der Waals surface area (Å²) in [6.07, 6.45) is 16.2. The number of guanidine groups is 1. The monoisotopic (exact) mass is 358 g/mol. The number of unbranched alkanes of at least 4 members (excludes halogenated alkanes) is 11. The molecule has 6 nitrogen and oxygen atoms in total. The van der Waals surface area contributed by atoms with Crippen LogP contribution in [0, 0.1) is 5.41 Å². The van der Waals surface area contributed by atoms with Crippen molar-refractivity contribution in [2.24, 2.45) is 11.6 Å². The molecule has 0 unspecified atom stereocenters. The number of nitrogens with two attached hydrogens (primary N) is 2. The Morgan fingerprint density at radius 3 is 1.64 bits per heavy atom. The van der Waals surface area contributed by atoms with Gasteiger partial charge in [-0.15, -0.1) is 0 Å². The summed E-state index contributed by atoms with van der Waals surface area (Å²) in [6, 6.07) is 0. The zero-order valence-corrected chi connectivity index (χ0v) is 16.6. The van der Waals surface area contributed by atoms with Gasteiger partial charge in [-0.2, -0.15) is 0 Å². The van der Waals surface area contributed by atoms with Gasteiger partial charge < -0.3 is 10.8 Å². The molecule has 0 atom stereocenters. The topological polar surface area (TPSA) is 116 Å². The lowest BCUT2D eigenvalue weighted by molar-refractivity contribution is -0.137. The van der Waals surface area contributed by atoms with Crippen LogP contribution in [0.1, 0.15) is 104 Å². The number of hydrazine groups is 1. The van der Waals surface area contributed by atoms with Crippen molar-refractivity contribution in [2.45, 2.75) is 104 Å². The Morgan fingerprint density at radius 2 is 1.24 bits per heavy atom. The van der Waals surface area contributed by atoms with E-state index in [-0.39, 0.29) is 5.96 Å². The van der Waals surface area contributed by atoms with Crippen molar-refractivity contribution in [1.29, 1.82) is 5.41 Å². The summed E-state index contributed by atoms with van der Waals surface area (Å²) in [5.74, 6) is 4.78. The molecule has 0 amide bonds. The van der Waals surface area contributed by atoms with E-state index in [1.807, 2.05) is 0 Å². The molecule has 0 rings (SSSR count). The number of rotatable bonds is 15. The van der Waals surface area contributed by atoms with Gasteiger partial charge in [0.15, 0.2) is 0 Å². The second kappa shape index (κ2) is 20.7. The van der Waals surface area contributed by atoms with Crippen molar-refractivity contribution in [3.63, 3.8) is 0 Å². The van der Waals surface area contributed by atoms with Crippen molar-refractivity contribution >= 4 is 11.9 Å². The molecule has 0 aliphatic carbocycles. The van der Waals surface area contributed by atoms with E-state index in [4.69, 9.17) is 22.1 Å². The Morgan fingerprint density at radius 1 is 0.840 bits per heavy atom. The summed E-state index contributed by atoms with van der Waals surface area (Å²) in [5.41, 5.74) is 5.23. The first-order valence-electron chi connectivity index (χ1n) is 10.0. The van der Waals surface area contributed by atoms with E-state index >= 15 is 0 Å². The minimum atomic E-state index is -0.675. The Balaban J connectivity index is 0. The Hall–Kier alpha value is -1.30. The molecular formula is C19H42N4O2. The minimum Gasteiger partial charge on any atom is -0.481 e. The van der Waals surface area contributed by atoms with E-state index in [9.17, 15) is 4.79 Å². The predicted molar refractivity (Wildman–Crippen MR) is 106 cm³/mol. The van der Waals surface area contributed by atoms with Gasteiger partial charge in [-0.1, -0.05) is 84.5 Å². The summed E-state index contributed by atoms with van der Waals surface area (Å²) in [4.78, 5) is 9.96. The second-order valence-corrected chi connectivity index (χ2v) is 6.61. The predicted octanol–water partition coefficient (Wildman–Crippen LogP) is 4.63. The van der Waals surface area contributed by atoms with Crippen molar-refractivity contribution in [3.05, 3.63) is 0 Å². The van der Waals surface area contributed by atoms with Gasteiger partial charge in [0.1, 0.15) is 0 Å². The Kier molecular flexibility index (Phi) is 21.5. The molecule has 0 aromatic carbocycles. The van der Waals surface area contributed by atoms with Crippen LogP contribution in [0.25, 0.3) is 0 Å². The van der Waals surface area contributed by atoms with Crippen LogP contribution < -0.4 is 11.6 Å². The normalized spacial score (nSPS) is 10.0. The van der Waals surface area contributed by atoms with Gasteiger partial charge in [-0.3, -0.25) is 15.2 Å². The lowest BCUT2D eigenvalue weighted by atomic mass is 10.1. The molecule has 0 saturated heterocycles. The fraction of sp³-hybridized carbons (Fsp3) is 0.895. The van der Waals surface area contributed by atoms with Crippen LogP contribution in [-0.4, -0.2) is 28.6 Å². The highest BCUT2D eigenvalue weighted by Crippen LogP contribution is 2.09. The maximum absolute atomic E-state index is 9.96. The van der Waals surface area contributed by atoms with Crippen LogP contribution in [-0.2, 0) is 4.79 Å². The molecule has 0 saturated carbocycles. The van der Waals surface area contributed by atoms with Crippen LogP contribution in [0.5, 0.6) is 0 Å². The molecule has 0 heterocycles. The quantitative estimate of drug-likeness (QED) is 0.112. The molecule has 0 aromatic heterocycles. The number of nitrogens with one attached hydrogen (secondary N) is 1. The number of carboxylic acid groups (broad SMARTS) is 1. The third kappa shape index (κ3) is 25.1. The van der Waals surface area contributed by atoms with Gasteiger partial charge in [0, 0.05) is 13.0 Å². The smallest absolute Gasteiger partial charge is 0.303 e. The average molecular weight is 359 g/mol. The van der Waals surface area contributed by atoms with Crippen molar-refractivity contribution < 1.29 is 9.90 Å². The van der Waals surface area contributed by atoms with Crippen molar-refractivity contribution in [1.82, 2.24) is 5.01 Å². The fourth-order valence-corrected chi connectivity index (χ4v) is 2.42. The van der Waals surface area contributed by atoms with E-state index in [2.05, 4.69) is 13.8 Å². The summed E-state index contributed by atoms with van der Waals surface area (Å²) in [5, 5.41) is 16.6. The van der Waals surface area contributed by atoms with Crippen LogP contribution in [0.4, 0.5) is 0 Å². The van der Waals surface area contributed by atoms with E-state index in [0.29, 0.717) is 13.0 Å². The lowest BCUT2D eigenvalue weighted by Gasteiger charge is -2.15. The lowest BCUT2D eigenvalue weighted by Crippen LogP contribution is -2.42. The number of aliphatic carboxylic acids is 1. The van der Waals surface area contributed by atoms with E-state index < -0.39 is 5.97 Å². The maximum Gasteiger partial charge on any atom is 0.303 e. The summed E-state index contributed by atoms with van der Waals surface area (Å²) in [7, 11) is 0. The number of hydrogen-bond acceptors (Lipinski definition) is 3. The highest BCUT2D eigenvalue weighted by molar-refractivity contribution is 5.73. The van der Waals surface area contributed by atoms with Gasteiger partial charge in [0.2, 0.25) is 5.96 Å². The van der Waals surface area contributed by atoms with Crippen molar-refractivity contribution in [3.8, 4) is 0 Å². The van der Waals surface area contributed by atoms with Crippen LogP contribution in [0.2, 0.25) is 0 Å². The summed E-state index contributed by atoms with van der Waals surface area (Å²) >= 11 is 0. The number of hydrogen-bond donors (Lipinski definition) is 4. The first kappa shape index (κ1) is 25.9. The number of nitrogens with zero attached hydrogens (tertiary/aromatic N) is 1. The Bertz CT molecular complexity index is 312. The third-order valence-electron chi connectivity index (χ3n) is 4.06. The molecule has 0 aliphatic heterocycles. The maximum atomic E-state index is 9.96. The van der Waals surface area contributed by atoms with E-state index in [1.165, 1.54) is 62.8 Å². The van der Waals surface area contributed by atoms with Crippen LogP contribution in [0.15, 0.2) is 0 Å². The highest BCUT2D eigenvalue weighted by atomic mass is 16.4. The van der Waals surface area contributed by atoms with Crippen LogP contribution >= 0.6 is 0 Å². The fourth-order valence-electron chi connectivity index (χ4n) is 2.42. The van der Waals surface area contributed by atoms with Gasteiger partial charge in [0.25, 0.3) is 0 Å². The molecule has 0 spiro atoms. The van der Waals surface area contributed by atoms with E-state index in [0.717, 1.165) is 25.7 Å². The van der Waals surface area contributed by atoms with Crippen molar-refractivity contribution in [2.75, 3.05) is 6.54 Å². The molecular weight excluding hydrogens is 316 g/mol. The molecule has 6 heteroatoms. The highest BCUT2D eigenvalue weighted by Gasteiger charge is 1.99. The molecule has 6 N–H and O–H groups in total. The van der Waals surface area contributed by atoms with Gasteiger partial charge in [-0.05, 0) is 12.8 Å². The zero-order chi connectivity index (χ0) is 19.3. The Labute approximate surface area is 154 Å². The second-order valence-electron chi connectivity index (χ2n) is 6.61. The first-order valence-corrected chi connectivity index (χ1v) is 10.0. The van der Waals surface area contributed by atoms with Gasteiger partial charge >= 0.3 is 5.97 Å². The molecule has 0 bridgehead atoms. The average Bonchev–Trinajstić information content (AvgIpc) is 2.57. The van der Waals surface area contributed by atoms with Crippen LogP contribution in [0.3, 0.4) is 0 Å². The largest absolute Gasteiger partial charge is 0.481 e.